The first-order chi connectivity index (χ1) is 8.13. The third-order valence-electron chi connectivity index (χ3n) is 2.42. The monoisotopic (exact) mass is 235 g/mol. The number of hydrogen-bond donors (Lipinski definition) is 1. The van der Waals surface area contributed by atoms with E-state index in [1.54, 1.807) is 6.92 Å². The van der Waals surface area contributed by atoms with E-state index in [0.717, 1.165) is 5.56 Å². The summed E-state index contributed by atoms with van der Waals surface area (Å²) >= 11 is 0. The van der Waals surface area contributed by atoms with Crippen molar-refractivity contribution < 1.29 is 14.3 Å². The van der Waals surface area contributed by atoms with Crippen LogP contribution in [0.4, 0.5) is 0 Å². The zero-order valence-electron chi connectivity index (χ0n) is 10.1. The van der Waals surface area contributed by atoms with Crippen LogP contribution >= 0.6 is 0 Å². The topological polar surface area (TPSA) is 55.4 Å². The van der Waals surface area contributed by atoms with Gasteiger partial charge in [0, 0.05) is 6.42 Å². The highest BCUT2D eigenvalue weighted by Gasteiger charge is 2.15. The molecule has 1 aromatic rings. The highest BCUT2D eigenvalue weighted by Crippen LogP contribution is 2.02. The Morgan fingerprint density at radius 3 is 2.53 bits per heavy atom. The molecule has 0 saturated heterocycles. The van der Waals surface area contributed by atoms with Gasteiger partial charge < -0.3 is 10.1 Å². The van der Waals surface area contributed by atoms with E-state index in [4.69, 9.17) is 0 Å². The normalized spacial score (nSPS) is 11.6. The number of aryl methyl sites for hydroxylation is 1. The predicted octanol–water partition coefficient (Wildman–Crippen LogP) is 1.30. The van der Waals surface area contributed by atoms with Crippen LogP contribution in [0.3, 0.4) is 0 Å². The van der Waals surface area contributed by atoms with Crippen molar-refractivity contribution in [3.63, 3.8) is 0 Å². The third kappa shape index (κ3) is 4.68. The van der Waals surface area contributed by atoms with Crippen molar-refractivity contribution in [2.24, 2.45) is 0 Å². The molecule has 4 nitrogen and oxygen atoms in total. The summed E-state index contributed by atoms with van der Waals surface area (Å²) in [6.45, 7) is 1.60. The summed E-state index contributed by atoms with van der Waals surface area (Å²) < 4.78 is 4.52. The summed E-state index contributed by atoms with van der Waals surface area (Å²) in [6.07, 6.45) is 1.03. The molecular weight excluding hydrogens is 218 g/mol. The molecule has 0 aliphatic carbocycles. The SMILES string of the molecule is COC(=O)C(C)NC(=O)CCc1ccccc1. The Morgan fingerprint density at radius 2 is 1.94 bits per heavy atom. The number of hydrogen-bond acceptors (Lipinski definition) is 3. The molecule has 0 aliphatic heterocycles. The van der Waals surface area contributed by atoms with E-state index in [1.165, 1.54) is 7.11 Å². The Balaban J connectivity index is 2.33. The second kappa shape index (κ2) is 6.68. The lowest BCUT2D eigenvalue weighted by Gasteiger charge is -2.11. The minimum absolute atomic E-state index is 0.147. The first kappa shape index (κ1) is 13.2. The van der Waals surface area contributed by atoms with Gasteiger partial charge in [-0.05, 0) is 18.9 Å². The van der Waals surface area contributed by atoms with E-state index in [2.05, 4.69) is 10.1 Å². The molecule has 0 aliphatic rings. The summed E-state index contributed by atoms with van der Waals surface area (Å²) in [5.74, 6) is -0.579. The lowest BCUT2D eigenvalue weighted by atomic mass is 10.1. The molecule has 0 radical (unpaired) electrons. The molecule has 1 amide bonds. The largest absolute Gasteiger partial charge is 0.467 e. The van der Waals surface area contributed by atoms with Gasteiger partial charge in [-0.15, -0.1) is 0 Å². The average molecular weight is 235 g/mol. The first-order valence-electron chi connectivity index (χ1n) is 5.54. The fourth-order valence-corrected chi connectivity index (χ4v) is 1.45. The zero-order chi connectivity index (χ0) is 12.7. The lowest BCUT2D eigenvalue weighted by molar-refractivity contribution is -0.144. The van der Waals surface area contributed by atoms with Gasteiger partial charge in [0.1, 0.15) is 6.04 Å². The fraction of sp³-hybridized carbons (Fsp3) is 0.385. The first-order valence-corrected chi connectivity index (χ1v) is 5.54. The Morgan fingerprint density at radius 1 is 1.29 bits per heavy atom. The molecule has 0 fully saturated rings. The van der Waals surface area contributed by atoms with Crippen molar-refractivity contribution in [2.45, 2.75) is 25.8 Å². The van der Waals surface area contributed by atoms with Gasteiger partial charge in [0.2, 0.25) is 5.91 Å². The van der Waals surface area contributed by atoms with E-state index < -0.39 is 12.0 Å². The summed E-state index contributed by atoms with van der Waals surface area (Å²) in [6, 6.07) is 9.15. The van der Waals surface area contributed by atoms with Gasteiger partial charge >= 0.3 is 5.97 Å². The van der Waals surface area contributed by atoms with Crippen molar-refractivity contribution in [3.05, 3.63) is 35.9 Å². The fourth-order valence-electron chi connectivity index (χ4n) is 1.45. The van der Waals surface area contributed by atoms with Crippen molar-refractivity contribution in [3.8, 4) is 0 Å². The van der Waals surface area contributed by atoms with Crippen LogP contribution < -0.4 is 5.32 Å². The van der Waals surface area contributed by atoms with Crippen molar-refractivity contribution in [2.75, 3.05) is 7.11 Å². The van der Waals surface area contributed by atoms with Gasteiger partial charge in [-0.25, -0.2) is 4.79 Å². The smallest absolute Gasteiger partial charge is 0.328 e. The van der Waals surface area contributed by atoms with Crippen LogP contribution in [0.2, 0.25) is 0 Å². The van der Waals surface area contributed by atoms with Crippen LogP contribution in [-0.2, 0) is 20.7 Å². The number of esters is 1. The van der Waals surface area contributed by atoms with E-state index in [9.17, 15) is 9.59 Å². The molecule has 17 heavy (non-hydrogen) atoms. The third-order valence-corrected chi connectivity index (χ3v) is 2.42. The number of amides is 1. The maximum absolute atomic E-state index is 11.5. The van der Waals surface area contributed by atoms with Crippen molar-refractivity contribution >= 4 is 11.9 Å². The zero-order valence-corrected chi connectivity index (χ0v) is 10.1. The van der Waals surface area contributed by atoms with Gasteiger partial charge in [0.25, 0.3) is 0 Å². The summed E-state index contributed by atoms with van der Waals surface area (Å²) in [4.78, 5) is 22.6. The average Bonchev–Trinajstić information content (AvgIpc) is 2.36. The Bertz CT molecular complexity index is 376. The molecule has 0 spiro atoms. The number of carbonyl (C=O) groups is 2. The second-order valence-electron chi connectivity index (χ2n) is 3.80. The molecule has 1 unspecified atom stereocenters. The minimum atomic E-state index is -0.594. The number of rotatable bonds is 5. The molecule has 1 atom stereocenters. The quantitative estimate of drug-likeness (QED) is 0.782. The summed E-state index contributed by atoms with van der Waals surface area (Å²) in [5, 5.41) is 2.59. The molecule has 1 rings (SSSR count). The number of ether oxygens (including phenoxy) is 1. The molecule has 1 N–H and O–H groups in total. The van der Waals surface area contributed by atoms with E-state index in [0.29, 0.717) is 12.8 Å². The van der Waals surface area contributed by atoms with Crippen LogP contribution in [0.1, 0.15) is 18.9 Å². The van der Waals surface area contributed by atoms with Gasteiger partial charge in [0.05, 0.1) is 7.11 Å². The van der Waals surface area contributed by atoms with E-state index >= 15 is 0 Å². The molecule has 92 valence electrons. The molecule has 0 saturated carbocycles. The highest BCUT2D eigenvalue weighted by molar-refractivity contribution is 5.84. The van der Waals surface area contributed by atoms with Crippen LogP contribution in [-0.4, -0.2) is 25.0 Å². The molecule has 0 heterocycles. The summed E-state index contributed by atoms with van der Waals surface area (Å²) in [5.41, 5.74) is 1.10. The van der Waals surface area contributed by atoms with E-state index in [1.807, 2.05) is 30.3 Å². The number of carbonyl (C=O) groups excluding carboxylic acids is 2. The standard InChI is InChI=1S/C13H17NO3/c1-10(13(16)17-2)14-12(15)9-8-11-6-4-3-5-7-11/h3-7,10H,8-9H2,1-2H3,(H,14,15). The van der Waals surface area contributed by atoms with Gasteiger partial charge in [-0.3, -0.25) is 4.79 Å². The van der Waals surface area contributed by atoms with Crippen LogP contribution in [0.5, 0.6) is 0 Å². The van der Waals surface area contributed by atoms with Crippen molar-refractivity contribution in [1.29, 1.82) is 0 Å². The van der Waals surface area contributed by atoms with Crippen molar-refractivity contribution in [1.82, 2.24) is 5.32 Å². The Kier molecular flexibility index (Phi) is 5.20. The Labute approximate surface area is 101 Å². The molecule has 4 heteroatoms. The highest BCUT2D eigenvalue weighted by atomic mass is 16.5. The number of benzene rings is 1. The number of methoxy groups -OCH3 is 1. The second-order valence-corrected chi connectivity index (χ2v) is 3.80. The number of nitrogens with one attached hydrogen (secondary N) is 1. The molecule has 0 bridgehead atoms. The predicted molar refractivity (Wildman–Crippen MR) is 64.4 cm³/mol. The molecular formula is C13H17NO3. The van der Waals surface area contributed by atoms with Crippen LogP contribution in [0, 0.1) is 0 Å². The van der Waals surface area contributed by atoms with Crippen LogP contribution in [0.25, 0.3) is 0 Å². The van der Waals surface area contributed by atoms with Crippen LogP contribution in [0.15, 0.2) is 30.3 Å². The Hall–Kier alpha value is -1.84. The van der Waals surface area contributed by atoms with Gasteiger partial charge in [-0.1, -0.05) is 30.3 Å². The summed E-state index contributed by atoms with van der Waals surface area (Å²) in [7, 11) is 1.30. The van der Waals surface area contributed by atoms with Gasteiger partial charge in [0.15, 0.2) is 0 Å². The molecule has 0 aromatic heterocycles. The van der Waals surface area contributed by atoms with Gasteiger partial charge in [-0.2, -0.15) is 0 Å². The minimum Gasteiger partial charge on any atom is -0.467 e. The maximum atomic E-state index is 11.5. The maximum Gasteiger partial charge on any atom is 0.328 e. The lowest BCUT2D eigenvalue weighted by Crippen LogP contribution is -2.39. The van der Waals surface area contributed by atoms with E-state index in [-0.39, 0.29) is 5.91 Å². The molecule has 1 aromatic carbocycles.